The number of nitrogens with zero attached hydrogens (tertiary/aromatic N) is 4. The first-order chi connectivity index (χ1) is 13.7. The van der Waals surface area contributed by atoms with Crippen LogP contribution in [0.5, 0.6) is 0 Å². The minimum atomic E-state index is 0.0845. The molecule has 3 aromatic heterocycles. The normalized spacial score (nSPS) is 14.1. The fourth-order valence-electron chi connectivity index (χ4n) is 3.88. The van der Waals surface area contributed by atoms with Crippen LogP contribution in [0, 0.1) is 0 Å². The third-order valence-electron chi connectivity index (χ3n) is 5.27. The molecule has 144 valence electrons. The van der Waals surface area contributed by atoms with Crippen LogP contribution < -0.4 is 5.56 Å². The average Bonchev–Trinajstić information content (AvgIpc) is 3.29. The van der Waals surface area contributed by atoms with Crippen LogP contribution in [0.2, 0.25) is 0 Å². The lowest BCUT2D eigenvalue weighted by atomic mass is 9.97. The maximum absolute atomic E-state index is 13.2. The van der Waals surface area contributed by atoms with Crippen molar-refractivity contribution in [3.63, 3.8) is 0 Å². The number of rotatable bonds is 4. The molecule has 0 fully saturated rings. The first-order valence-corrected chi connectivity index (χ1v) is 12.1. The van der Waals surface area contributed by atoms with E-state index in [1.165, 1.54) is 22.4 Å². The first kappa shape index (κ1) is 18.4. The summed E-state index contributed by atoms with van der Waals surface area (Å²) in [7, 11) is 0. The van der Waals surface area contributed by atoms with Gasteiger partial charge in [-0.15, -0.1) is 21.5 Å². The molecule has 0 atom stereocenters. The van der Waals surface area contributed by atoms with Crippen molar-refractivity contribution in [2.75, 3.05) is 0 Å². The number of benzene rings is 1. The maximum Gasteiger partial charge on any atom is 0.263 e. The second kappa shape index (κ2) is 7.31. The molecule has 0 bridgehead atoms. The van der Waals surface area contributed by atoms with Gasteiger partial charge in [-0.3, -0.25) is 9.36 Å². The Balaban J connectivity index is 1.67. The molecule has 28 heavy (non-hydrogen) atoms. The third-order valence-corrected chi connectivity index (χ3v) is 8.08. The summed E-state index contributed by atoms with van der Waals surface area (Å²) in [5, 5.41) is 10.6. The van der Waals surface area contributed by atoms with Gasteiger partial charge < -0.3 is 0 Å². The molecule has 5 rings (SSSR count). The van der Waals surface area contributed by atoms with Gasteiger partial charge in [-0.25, -0.2) is 4.40 Å². The monoisotopic (exact) mass is 474 g/mol. The van der Waals surface area contributed by atoms with Crippen LogP contribution >= 0.6 is 39.0 Å². The maximum atomic E-state index is 13.2. The lowest BCUT2D eigenvalue weighted by Crippen LogP contribution is -2.22. The number of aryl methyl sites for hydroxylation is 3. The third kappa shape index (κ3) is 2.93. The number of hydrogen-bond acceptors (Lipinski definition) is 5. The lowest BCUT2D eigenvalue weighted by molar-refractivity contribution is 0.696. The van der Waals surface area contributed by atoms with Gasteiger partial charge >= 0.3 is 0 Å². The fraction of sp³-hybridized carbons (Fsp3) is 0.350. The van der Waals surface area contributed by atoms with E-state index < -0.39 is 0 Å². The molecule has 0 saturated heterocycles. The Hall–Kier alpha value is -1.64. The van der Waals surface area contributed by atoms with Crippen LogP contribution in [0.4, 0.5) is 0 Å². The molecule has 1 aliphatic carbocycles. The number of thioether (sulfide) groups is 1. The van der Waals surface area contributed by atoms with Crippen LogP contribution in [0.1, 0.15) is 35.8 Å². The summed E-state index contributed by atoms with van der Waals surface area (Å²) in [5.41, 5.74) is 2.58. The zero-order valence-electron chi connectivity index (χ0n) is 15.4. The topological polar surface area (TPSA) is 52.2 Å². The van der Waals surface area contributed by atoms with Crippen molar-refractivity contribution in [1.82, 2.24) is 19.2 Å². The van der Waals surface area contributed by atoms with E-state index in [0.717, 1.165) is 44.9 Å². The van der Waals surface area contributed by atoms with Crippen LogP contribution in [0.25, 0.3) is 16.0 Å². The number of aromatic nitrogens is 4. The molecule has 0 amide bonds. The second-order valence-corrected chi connectivity index (χ2v) is 9.92. The Kier molecular flexibility index (Phi) is 4.80. The Labute approximate surface area is 178 Å². The Morgan fingerprint density at radius 2 is 1.96 bits per heavy atom. The summed E-state index contributed by atoms with van der Waals surface area (Å²) in [5.74, 6) is 1.46. The number of thiophene rings is 1. The van der Waals surface area contributed by atoms with Gasteiger partial charge in [-0.2, -0.15) is 0 Å². The van der Waals surface area contributed by atoms with E-state index in [2.05, 4.69) is 54.8 Å². The van der Waals surface area contributed by atoms with E-state index in [1.807, 2.05) is 6.92 Å². The molecule has 0 N–H and O–H groups in total. The standard InChI is InChI=1S/C20H19BrN4OS2/c1-2-24-17(26)16-14-5-3-4-6-15(14)28-18(16)25-19(24)22-23-20(25)27-11-12-7-9-13(21)10-8-12/h7-10H,2-6,11H2,1H3. The van der Waals surface area contributed by atoms with Crippen LogP contribution in [0.15, 0.2) is 38.7 Å². The Bertz CT molecular complexity index is 1240. The summed E-state index contributed by atoms with van der Waals surface area (Å²) in [6, 6.07) is 8.33. The summed E-state index contributed by atoms with van der Waals surface area (Å²) in [6.45, 7) is 2.59. The predicted octanol–water partition coefficient (Wildman–Crippen LogP) is 5.06. The highest BCUT2D eigenvalue weighted by Crippen LogP contribution is 2.36. The molecular formula is C20H19BrN4OS2. The van der Waals surface area contributed by atoms with Crippen LogP contribution in [-0.2, 0) is 25.1 Å². The minimum Gasteiger partial charge on any atom is -0.277 e. The van der Waals surface area contributed by atoms with Crippen molar-refractivity contribution >= 4 is 55.0 Å². The summed E-state index contributed by atoms with van der Waals surface area (Å²) in [6.07, 6.45) is 4.45. The molecule has 1 aromatic carbocycles. The minimum absolute atomic E-state index is 0.0845. The van der Waals surface area contributed by atoms with E-state index >= 15 is 0 Å². The first-order valence-electron chi connectivity index (χ1n) is 9.46. The molecule has 4 aromatic rings. The van der Waals surface area contributed by atoms with E-state index in [4.69, 9.17) is 0 Å². The van der Waals surface area contributed by atoms with Gasteiger partial charge in [0, 0.05) is 21.6 Å². The Morgan fingerprint density at radius 3 is 2.75 bits per heavy atom. The molecule has 0 radical (unpaired) electrons. The zero-order chi connectivity index (χ0) is 19.3. The van der Waals surface area contributed by atoms with Gasteiger partial charge in [0.1, 0.15) is 4.83 Å². The molecule has 8 heteroatoms. The van der Waals surface area contributed by atoms with E-state index in [-0.39, 0.29) is 5.56 Å². The summed E-state index contributed by atoms with van der Waals surface area (Å²) in [4.78, 5) is 15.6. The van der Waals surface area contributed by atoms with Crippen molar-refractivity contribution in [2.45, 2.75) is 50.1 Å². The van der Waals surface area contributed by atoms with Crippen molar-refractivity contribution in [3.8, 4) is 0 Å². The highest BCUT2D eigenvalue weighted by atomic mass is 79.9. The average molecular weight is 475 g/mol. The van der Waals surface area contributed by atoms with Gasteiger partial charge in [0.15, 0.2) is 5.16 Å². The van der Waals surface area contributed by atoms with Crippen molar-refractivity contribution in [2.24, 2.45) is 0 Å². The molecular weight excluding hydrogens is 456 g/mol. The smallest absolute Gasteiger partial charge is 0.263 e. The quantitative estimate of drug-likeness (QED) is 0.388. The van der Waals surface area contributed by atoms with Gasteiger partial charge in [0.25, 0.3) is 5.56 Å². The molecule has 0 spiro atoms. The molecule has 1 aliphatic rings. The largest absolute Gasteiger partial charge is 0.277 e. The Morgan fingerprint density at radius 1 is 1.18 bits per heavy atom. The summed E-state index contributed by atoms with van der Waals surface area (Å²) < 4.78 is 4.94. The van der Waals surface area contributed by atoms with E-state index in [0.29, 0.717) is 12.3 Å². The van der Waals surface area contributed by atoms with Gasteiger partial charge in [0.05, 0.1) is 5.39 Å². The summed E-state index contributed by atoms with van der Waals surface area (Å²) >= 11 is 6.90. The molecule has 0 aliphatic heterocycles. The van der Waals surface area contributed by atoms with Gasteiger partial charge in [-0.1, -0.05) is 39.8 Å². The number of halogens is 1. The highest BCUT2D eigenvalue weighted by molar-refractivity contribution is 9.10. The molecule has 0 saturated carbocycles. The van der Waals surface area contributed by atoms with Gasteiger partial charge in [-0.05, 0) is 55.9 Å². The number of hydrogen-bond donors (Lipinski definition) is 0. The van der Waals surface area contributed by atoms with Crippen molar-refractivity contribution in [1.29, 1.82) is 0 Å². The van der Waals surface area contributed by atoms with Crippen LogP contribution in [-0.4, -0.2) is 19.2 Å². The van der Waals surface area contributed by atoms with Gasteiger partial charge in [0.2, 0.25) is 5.78 Å². The number of fused-ring (bicyclic) bond motifs is 5. The fourth-order valence-corrected chi connectivity index (χ4v) is 6.47. The molecule has 5 nitrogen and oxygen atoms in total. The SMILES string of the molecule is CCn1c(=O)c2c3c(sc2n2c(SCc4ccc(Br)cc4)nnc12)CCCC3. The molecule has 0 unspecified atom stereocenters. The zero-order valence-corrected chi connectivity index (χ0v) is 18.7. The highest BCUT2D eigenvalue weighted by Gasteiger charge is 2.24. The predicted molar refractivity (Wildman–Crippen MR) is 119 cm³/mol. The van der Waals surface area contributed by atoms with E-state index in [9.17, 15) is 4.79 Å². The van der Waals surface area contributed by atoms with E-state index in [1.54, 1.807) is 27.7 Å². The van der Waals surface area contributed by atoms with Crippen molar-refractivity contribution in [3.05, 3.63) is 55.1 Å². The van der Waals surface area contributed by atoms with Crippen molar-refractivity contribution < 1.29 is 0 Å². The second-order valence-electron chi connectivity index (χ2n) is 6.97. The lowest BCUT2D eigenvalue weighted by Gasteiger charge is -2.11. The molecule has 3 heterocycles. The van der Waals surface area contributed by atoms with Crippen LogP contribution in [0.3, 0.4) is 0 Å².